The molecule has 286 valence electrons. The molecule has 54 heavy (non-hydrogen) atoms. The largest absolute Gasteiger partial charge is 0.480 e. The highest BCUT2D eigenvalue weighted by atomic mass is 32.2. The number of likely N-dealkylation sites (tertiary alicyclic amines) is 1. The zero-order chi connectivity index (χ0) is 38.8. The summed E-state index contributed by atoms with van der Waals surface area (Å²) in [6.45, 7) is 7.68. The molecule has 2 saturated heterocycles. The maximum absolute atomic E-state index is 14.5. The number of halogens is 2. The van der Waals surface area contributed by atoms with Crippen molar-refractivity contribution in [2.75, 3.05) is 56.6 Å². The molecule has 4 heterocycles. The minimum atomic E-state index is -4.51. The van der Waals surface area contributed by atoms with Crippen molar-refractivity contribution < 1.29 is 36.2 Å². The lowest BCUT2D eigenvalue weighted by atomic mass is 10.0. The molecule has 0 unspecified atom stereocenters. The van der Waals surface area contributed by atoms with Gasteiger partial charge in [-0.15, -0.1) is 0 Å². The van der Waals surface area contributed by atoms with Crippen LogP contribution in [0.2, 0.25) is 0 Å². The number of carbonyl (C=O) groups is 1. The first-order chi connectivity index (χ1) is 25.7. The predicted molar refractivity (Wildman–Crippen MR) is 197 cm³/mol. The second-order valence-electron chi connectivity index (χ2n) is 14.2. The molecule has 2 aliphatic rings. The van der Waals surface area contributed by atoms with Crippen LogP contribution in [0.1, 0.15) is 40.0 Å². The van der Waals surface area contributed by atoms with Crippen LogP contribution in [0, 0.1) is 23.0 Å². The van der Waals surface area contributed by atoms with Gasteiger partial charge in [0.1, 0.15) is 40.2 Å². The van der Waals surface area contributed by atoms with Gasteiger partial charge < -0.3 is 28.9 Å². The van der Waals surface area contributed by atoms with E-state index in [1.807, 2.05) is 11.0 Å². The zero-order valence-electron chi connectivity index (χ0n) is 30.7. The lowest BCUT2D eigenvalue weighted by Gasteiger charge is -2.41. The van der Waals surface area contributed by atoms with Crippen LogP contribution in [0.25, 0.3) is 22.0 Å². The number of pyridine rings is 1. The predicted octanol–water partition coefficient (Wildman–Crippen LogP) is 5.59. The molecule has 0 spiro atoms. The van der Waals surface area contributed by atoms with E-state index in [1.165, 1.54) is 19.4 Å². The van der Waals surface area contributed by atoms with Gasteiger partial charge >= 0.3 is 12.1 Å². The van der Waals surface area contributed by atoms with Gasteiger partial charge in [0.2, 0.25) is 5.88 Å². The molecular formula is C37H42F2N8O6S. The highest BCUT2D eigenvalue weighted by Gasteiger charge is 2.35. The first kappa shape index (κ1) is 38.4. The molecule has 0 saturated carbocycles. The zero-order valence-corrected chi connectivity index (χ0v) is 31.5. The van der Waals surface area contributed by atoms with Crippen LogP contribution < -0.4 is 19.1 Å². The Morgan fingerprint density at radius 3 is 2.54 bits per heavy atom. The SMILES string of the molecule is COc1ncc(-c2ccc3nc(OC[C@@H]4CCCN4C)nc(N4CCN(C(=O)OC(C)(C)C)[C@@H](CC#N)C4)c3c2)cc1NS(=O)(=O)c1ccc(F)cc1F. The molecule has 17 heteroatoms. The van der Waals surface area contributed by atoms with Crippen LogP contribution in [0.15, 0.2) is 53.6 Å². The summed E-state index contributed by atoms with van der Waals surface area (Å²) in [4.78, 5) is 32.1. The van der Waals surface area contributed by atoms with Crippen LogP contribution in [0.5, 0.6) is 11.9 Å². The number of anilines is 2. The maximum Gasteiger partial charge on any atom is 0.410 e. The molecule has 4 aromatic rings. The number of nitrogens with zero attached hydrogens (tertiary/aromatic N) is 7. The average Bonchev–Trinajstić information content (AvgIpc) is 3.53. The van der Waals surface area contributed by atoms with Crippen molar-refractivity contribution in [1.82, 2.24) is 24.8 Å². The third-order valence-electron chi connectivity index (χ3n) is 9.27. The molecule has 0 bridgehead atoms. The Kier molecular flexibility index (Phi) is 11.1. The molecule has 0 aliphatic carbocycles. The summed E-state index contributed by atoms with van der Waals surface area (Å²) in [6.07, 6.45) is 3.14. The fourth-order valence-electron chi connectivity index (χ4n) is 6.56. The molecule has 6 rings (SSSR count). The van der Waals surface area contributed by atoms with E-state index in [2.05, 4.69) is 27.7 Å². The number of likely N-dealkylation sites (N-methyl/N-ethyl adjacent to an activating group) is 1. The Bertz CT molecular complexity index is 2200. The number of aromatic nitrogens is 3. The lowest BCUT2D eigenvalue weighted by Crippen LogP contribution is -2.56. The van der Waals surface area contributed by atoms with E-state index in [0.29, 0.717) is 47.1 Å². The number of nitrogens with one attached hydrogen (secondary N) is 1. The Balaban J connectivity index is 1.37. The minimum Gasteiger partial charge on any atom is -0.480 e. The number of ether oxygens (including phenoxy) is 3. The van der Waals surface area contributed by atoms with Crippen LogP contribution in [-0.2, 0) is 14.8 Å². The molecule has 1 N–H and O–H groups in total. The number of nitriles is 1. The van der Waals surface area contributed by atoms with Crippen molar-refractivity contribution in [2.24, 2.45) is 0 Å². The van der Waals surface area contributed by atoms with Crippen LogP contribution >= 0.6 is 0 Å². The van der Waals surface area contributed by atoms with Crippen LogP contribution in [0.3, 0.4) is 0 Å². The second kappa shape index (κ2) is 15.6. The van der Waals surface area contributed by atoms with Gasteiger partial charge in [0.05, 0.1) is 31.2 Å². The van der Waals surface area contributed by atoms with Crippen molar-refractivity contribution >= 4 is 38.5 Å². The summed E-state index contributed by atoms with van der Waals surface area (Å²) in [5.74, 6) is -1.72. The van der Waals surface area contributed by atoms with Gasteiger partial charge in [-0.1, -0.05) is 6.07 Å². The van der Waals surface area contributed by atoms with Crippen LogP contribution in [-0.4, -0.2) is 104 Å². The summed E-state index contributed by atoms with van der Waals surface area (Å²) in [6, 6.07) is 11.2. The average molecular weight is 765 g/mol. The van der Waals surface area contributed by atoms with Gasteiger partial charge in [0.15, 0.2) is 0 Å². The summed E-state index contributed by atoms with van der Waals surface area (Å²) < 4.78 is 73.9. The number of piperazine rings is 1. The Hall–Kier alpha value is -5.34. The van der Waals surface area contributed by atoms with E-state index in [9.17, 15) is 27.3 Å². The van der Waals surface area contributed by atoms with Gasteiger partial charge in [0.25, 0.3) is 10.0 Å². The van der Waals surface area contributed by atoms with E-state index < -0.39 is 44.3 Å². The van der Waals surface area contributed by atoms with Gasteiger partial charge in [-0.3, -0.25) is 4.72 Å². The van der Waals surface area contributed by atoms with Crippen molar-refractivity contribution in [3.8, 4) is 29.1 Å². The van der Waals surface area contributed by atoms with Gasteiger partial charge in [-0.05, 0) is 83.1 Å². The topological polar surface area (TPSA) is 163 Å². The molecular weight excluding hydrogens is 723 g/mol. The van der Waals surface area contributed by atoms with E-state index >= 15 is 0 Å². The molecule has 0 radical (unpaired) electrons. The monoisotopic (exact) mass is 764 g/mol. The number of amides is 1. The number of sulfonamides is 1. The lowest BCUT2D eigenvalue weighted by molar-refractivity contribution is 0.0145. The van der Waals surface area contributed by atoms with Crippen molar-refractivity contribution in [1.29, 1.82) is 5.26 Å². The normalized spacial score (nSPS) is 18.0. The second-order valence-corrected chi connectivity index (χ2v) is 15.9. The number of fused-ring (bicyclic) bond motifs is 1. The minimum absolute atomic E-state index is 0.0689. The molecule has 2 aromatic heterocycles. The van der Waals surface area contributed by atoms with E-state index in [-0.39, 0.29) is 43.1 Å². The fraction of sp³-hybridized carbons (Fsp3) is 0.432. The first-order valence-corrected chi connectivity index (χ1v) is 18.9. The summed E-state index contributed by atoms with van der Waals surface area (Å²) in [5, 5.41) is 10.3. The van der Waals surface area contributed by atoms with E-state index in [0.717, 1.165) is 31.5 Å². The van der Waals surface area contributed by atoms with Gasteiger partial charge in [-0.2, -0.15) is 15.2 Å². The summed E-state index contributed by atoms with van der Waals surface area (Å²) in [7, 11) is -1.15. The molecule has 2 atom stereocenters. The number of carbonyl (C=O) groups excluding carboxylic acids is 1. The summed E-state index contributed by atoms with van der Waals surface area (Å²) in [5.41, 5.74) is 0.866. The van der Waals surface area contributed by atoms with E-state index in [1.54, 1.807) is 37.8 Å². The van der Waals surface area contributed by atoms with Crippen LogP contribution in [0.4, 0.5) is 25.1 Å². The molecule has 2 aromatic carbocycles. The quantitative estimate of drug-likeness (QED) is 0.213. The smallest absolute Gasteiger partial charge is 0.410 e. The third kappa shape index (κ3) is 8.55. The number of benzene rings is 2. The molecule has 2 fully saturated rings. The number of rotatable bonds is 10. The molecule has 1 amide bonds. The molecule has 14 nitrogen and oxygen atoms in total. The van der Waals surface area contributed by atoms with Crippen molar-refractivity contribution in [3.05, 3.63) is 60.3 Å². The highest BCUT2D eigenvalue weighted by molar-refractivity contribution is 7.92. The Labute approximate surface area is 312 Å². The van der Waals surface area contributed by atoms with Crippen molar-refractivity contribution in [3.63, 3.8) is 0 Å². The molecule has 2 aliphatic heterocycles. The van der Waals surface area contributed by atoms with Gasteiger partial charge in [-0.25, -0.2) is 27.0 Å². The maximum atomic E-state index is 14.5. The highest BCUT2D eigenvalue weighted by Crippen LogP contribution is 2.35. The standard InChI is InChI=1S/C37H42F2N8O6S/c1-37(2,3)53-36(48)47-16-15-46(21-26(47)12-13-40)33-28-17-23(8-10-30(28)42-35(43-33)52-22-27-7-6-14-45(27)4)24-18-31(34(51-5)41-20-24)44-54(49,50)32-11-9-25(38)19-29(32)39/h8-11,17-20,26-27,44H,6-7,12,14-16,21-22H2,1-5H3/t26-,27-/m0/s1. The third-order valence-corrected chi connectivity index (χ3v) is 10.7. The van der Waals surface area contributed by atoms with Gasteiger partial charge in [0, 0.05) is 48.9 Å². The number of hydrogen-bond acceptors (Lipinski definition) is 12. The number of hydrogen-bond donors (Lipinski definition) is 1. The van der Waals surface area contributed by atoms with Crippen molar-refractivity contribution in [2.45, 2.75) is 62.6 Å². The fourth-order valence-corrected chi connectivity index (χ4v) is 7.67. The first-order valence-electron chi connectivity index (χ1n) is 17.4. The summed E-state index contributed by atoms with van der Waals surface area (Å²) >= 11 is 0. The van der Waals surface area contributed by atoms with E-state index in [4.69, 9.17) is 24.2 Å². The Morgan fingerprint density at radius 2 is 1.85 bits per heavy atom. The number of methoxy groups -OCH3 is 1. The Morgan fingerprint density at radius 1 is 1.06 bits per heavy atom.